The van der Waals surface area contributed by atoms with E-state index in [2.05, 4.69) is 20.6 Å². The Kier molecular flexibility index (Phi) is 6.01. The molecule has 2 N–H and O–H groups in total. The van der Waals surface area contributed by atoms with Gasteiger partial charge >= 0.3 is 0 Å². The van der Waals surface area contributed by atoms with E-state index in [0.29, 0.717) is 17.3 Å². The molecule has 0 saturated carbocycles. The highest BCUT2D eigenvalue weighted by atomic mass is 19.1. The summed E-state index contributed by atoms with van der Waals surface area (Å²) in [7, 11) is 3.12. The SMILES string of the molecule is COc1ccc(Nc2cnc(C(=O)NCc3ccc(F)cc3)cn2)cc1OC. The van der Waals surface area contributed by atoms with E-state index in [1.54, 1.807) is 38.5 Å². The fourth-order valence-electron chi connectivity index (χ4n) is 2.45. The van der Waals surface area contributed by atoms with Crippen molar-refractivity contribution in [3.63, 3.8) is 0 Å². The fraction of sp³-hybridized carbons (Fsp3) is 0.150. The summed E-state index contributed by atoms with van der Waals surface area (Å²) in [5.74, 6) is 0.986. The van der Waals surface area contributed by atoms with E-state index in [1.165, 1.54) is 24.5 Å². The van der Waals surface area contributed by atoms with Crippen LogP contribution in [0.2, 0.25) is 0 Å². The minimum absolute atomic E-state index is 0.181. The number of halogens is 1. The van der Waals surface area contributed by atoms with Crippen molar-refractivity contribution in [2.75, 3.05) is 19.5 Å². The highest BCUT2D eigenvalue weighted by Crippen LogP contribution is 2.30. The summed E-state index contributed by atoms with van der Waals surface area (Å²) in [6.07, 6.45) is 2.84. The van der Waals surface area contributed by atoms with Gasteiger partial charge in [-0.3, -0.25) is 4.79 Å². The molecule has 0 aliphatic heterocycles. The Morgan fingerprint density at radius 2 is 1.75 bits per heavy atom. The first-order valence-corrected chi connectivity index (χ1v) is 8.43. The van der Waals surface area contributed by atoms with E-state index in [-0.39, 0.29) is 24.0 Å². The zero-order valence-corrected chi connectivity index (χ0v) is 15.4. The molecule has 3 rings (SSSR count). The van der Waals surface area contributed by atoms with Gasteiger partial charge in [0.1, 0.15) is 17.3 Å². The zero-order chi connectivity index (χ0) is 19.9. The first-order valence-electron chi connectivity index (χ1n) is 8.43. The van der Waals surface area contributed by atoms with Gasteiger partial charge in [0.15, 0.2) is 11.5 Å². The summed E-state index contributed by atoms with van der Waals surface area (Å²) in [4.78, 5) is 20.5. The van der Waals surface area contributed by atoms with Gasteiger partial charge in [-0.25, -0.2) is 14.4 Å². The van der Waals surface area contributed by atoms with Gasteiger partial charge in [0.2, 0.25) is 0 Å². The molecule has 0 aliphatic rings. The molecule has 0 fully saturated rings. The molecular weight excluding hydrogens is 363 g/mol. The number of nitrogens with one attached hydrogen (secondary N) is 2. The predicted octanol–water partition coefficient (Wildman–Crippen LogP) is 3.31. The molecule has 0 bridgehead atoms. The van der Waals surface area contributed by atoms with Crippen molar-refractivity contribution in [1.82, 2.24) is 15.3 Å². The first-order chi connectivity index (χ1) is 13.6. The predicted molar refractivity (Wildman–Crippen MR) is 102 cm³/mol. The maximum atomic E-state index is 12.9. The van der Waals surface area contributed by atoms with Gasteiger partial charge in [-0.1, -0.05) is 12.1 Å². The number of rotatable bonds is 7. The number of nitrogens with zero attached hydrogens (tertiary/aromatic N) is 2. The van der Waals surface area contributed by atoms with E-state index < -0.39 is 0 Å². The highest BCUT2D eigenvalue weighted by molar-refractivity contribution is 5.92. The molecule has 1 aromatic heterocycles. The molecule has 1 amide bonds. The van der Waals surface area contributed by atoms with Crippen LogP contribution < -0.4 is 20.1 Å². The van der Waals surface area contributed by atoms with Crippen LogP contribution in [0.4, 0.5) is 15.9 Å². The number of amides is 1. The molecule has 0 unspecified atom stereocenters. The van der Waals surface area contributed by atoms with E-state index in [1.807, 2.05) is 6.07 Å². The molecule has 0 saturated heterocycles. The fourth-order valence-corrected chi connectivity index (χ4v) is 2.45. The molecule has 8 heteroatoms. The van der Waals surface area contributed by atoms with Crippen LogP contribution in [0, 0.1) is 5.82 Å². The number of carbonyl (C=O) groups excluding carboxylic acids is 1. The van der Waals surface area contributed by atoms with Crippen LogP contribution in [0.3, 0.4) is 0 Å². The lowest BCUT2D eigenvalue weighted by molar-refractivity contribution is 0.0945. The number of methoxy groups -OCH3 is 2. The van der Waals surface area contributed by atoms with Crippen LogP contribution in [0.25, 0.3) is 0 Å². The lowest BCUT2D eigenvalue weighted by Gasteiger charge is -2.11. The van der Waals surface area contributed by atoms with Gasteiger partial charge in [0.05, 0.1) is 26.6 Å². The summed E-state index contributed by atoms with van der Waals surface area (Å²) in [6.45, 7) is 0.270. The minimum atomic E-state index is -0.366. The lowest BCUT2D eigenvalue weighted by Crippen LogP contribution is -2.24. The second-order valence-electron chi connectivity index (χ2n) is 5.79. The third-order valence-corrected chi connectivity index (χ3v) is 3.91. The van der Waals surface area contributed by atoms with Gasteiger partial charge in [-0.05, 0) is 29.8 Å². The molecule has 144 valence electrons. The van der Waals surface area contributed by atoms with Crippen molar-refractivity contribution in [2.45, 2.75) is 6.54 Å². The Morgan fingerprint density at radius 1 is 1.00 bits per heavy atom. The maximum Gasteiger partial charge on any atom is 0.271 e. The number of hydrogen-bond donors (Lipinski definition) is 2. The van der Waals surface area contributed by atoms with Gasteiger partial charge in [-0.2, -0.15) is 0 Å². The molecule has 0 aliphatic carbocycles. The first kappa shape index (κ1) is 19.1. The van der Waals surface area contributed by atoms with Crippen molar-refractivity contribution in [3.05, 3.63) is 71.9 Å². The monoisotopic (exact) mass is 382 g/mol. The molecular formula is C20H19FN4O3. The Morgan fingerprint density at radius 3 is 2.39 bits per heavy atom. The average molecular weight is 382 g/mol. The maximum absolute atomic E-state index is 12.9. The highest BCUT2D eigenvalue weighted by Gasteiger charge is 2.09. The van der Waals surface area contributed by atoms with Crippen LogP contribution in [0.5, 0.6) is 11.5 Å². The standard InChI is InChI=1S/C20H19FN4O3/c1-27-17-8-7-15(9-18(17)28-2)25-19-12-22-16(11-23-19)20(26)24-10-13-3-5-14(21)6-4-13/h3-9,11-12H,10H2,1-2H3,(H,23,25)(H,24,26). The molecule has 0 radical (unpaired) electrons. The lowest BCUT2D eigenvalue weighted by atomic mass is 10.2. The molecule has 0 spiro atoms. The summed E-state index contributed by atoms with van der Waals surface area (Å²) in [5.41, 5.74) is 1.70. The van der Waals surface area contributed by atoms with Gasteiger partial charge < -0.3 is 20.1 Å². The number of benzene rings is 2. The number of carbonyl (C=O) groups is 1. The van der Waals surface area contributed by atoms with Crippen LogP contribution in [0.1, 0.15) is 16.1 Å². The Labute approximate surface area is 161 Å². The Balaban J connectivity index is 1.61. The summed E-state index contributed by atoms with van der Waals surface area (Å²) >= 11 is 0. The molecule has 7 nitrogen and oxygen atoms in total. The molecule has 2 aromatic carbocycles. The third-order valence-electron chi connectivity index (χ3n) is 3.91. The van der Waals surface area contributed by atoms with Gasteiger partial charge in [0.25, 0.3) is 5.91 Å². The molecule has 28 heavy (non-hydrogen) atoms. The van der Waals surface area contributed by atoms with Gasteiger partial charge in [-0.15, -0.1) is 0 Å². The number of hydrogen-bond acceptors (Lipinski definition) is 6. The Hall–Kier alpha value is -3.68. The van der Waals surface area contributed by atoms with Crippen molar-refractivity contribution < 1.29 is 18.7 Å². The van der Waals surface area contributed by atoms with E-state index in [9.17, 15) is 9.18 Å². The molecule has 1 heterocycles. The zero-order valence-electron chi connectivity index (χ0n) is 15.4. The van der Waals surface area contributed by atoms with E-state index >= 15 is 0 Å². The summed E-state index contributed by atoms with van der Waals surface area (Å²) in [6, 6.07) is 11.3. The molecule has 0 atom stereocenters. The average Bonchev–Trinajstić information content (AvgIpc) is 2.73. The summed E-state index contributed by atoms with van der Waals surface area (Å²) in [5, 5.41) is 5.80. The smallest absolute Gasteiger partial charge is 0.271 e. The van der Waals surface area contributed by atoms with Crippen molar-refractivity contribution in [3.8, 4) is 11.5 Å². The van der Waals surface area contributed by atoms with E-state index in [0.717, 1.165) is 11.3 Å². The van der Waals surface area contributed by atoms with Crippen LogP contribution in [-0.4, -0.2) is 30.1 Å². The van der Waals surface area contributed by atoms with Gasteiger partial charge in [0, 0.05) is 18.3 Å². The van der Waals surface area contributed by atoms with Crippen molar-refractivity contribution in [2.24, 2.45) is 0 Å². The second kappa shape index (κ2) is 8.81. The van der Waals surface area contributed by atoms with E-state index in [4.69, 9.17) is 9.47 Å². The number of ether oxygens (including phenoxy) is 2. The number of anilines is 2. The number of aromatic nitrogens is 2. The molecule has 3 aromatic rings. The van der Waals surface area contributed by atoms with Crippen molar-refractivity contribution >= 4 is 17.4 Å². The second-order valence-corrected chi connectivity index (χ2v) is 5.79. The Bertz CT molecular complexity index is 947. The minimum Gasteiger partial charge on any atom is -0.493 e. The largest absolute Gasteiger partial charge is 0.493 e. The summed E-state index contributed by atoms with van der Waals surface area (Å²) < 4.78 is 23.4. The normalized spacial score (nSPS) is 10.2. The van der Waals surface area contributed by atoms with Crippen LogP contribution in [0.15, 0.2) is 54.9 Å². The van der Waals surface area contributed by atoms with Crippen molar-refractivity contribution in [1.29, 1.82) is 0 Å². The third kappa shape index (κ3) is 4.73. The van der Waals surface area contributed by atoms with Crippen LogP contribution >= 0.6 is 0 Å². The topological polar surface area (TPSA) is 85.4 Å². The van der Waals surface area contributed by atoms with Crippen LogP contribution in [-0.2, 0) is 6.54 Å². The quantitative estimate of drug-likeness (QED) is 0.652.